The van der Waals surface area contributed by atoms with E-state index in [4.69, 9.17) is 4.74 Å². The minimum Gasteiger partial charge on any atom is -0.457 e. The fourth-order valence-electron chi connectivity index (χ4n) is 15.4. The lowest BCUT2D eigenvalue weighted by atomic mass is 9.44. The molecule has 10 atom stereocenters. The van der Waals surface area contributed by atoms with Crippen molar-refractivity contribution in [3.8, 4) is 0 Å². The highest BCUT2D eigenvalue weighted by Crippen LogP contribution is 2.68. The van der Waals surface area contributed by atoms with Crippen molar-refractivity contribution in [3.63, 3.8) is 0 Å². The van der Waals surface area contributed by atoms with E-state index in [0.717, 1.165) is 54.8 Å². The summed E-state index contributed by atoms with van der Waals surface area (Å²) >= 11 is 0. The molecule has 344 valence electrons. The molecule has 4 aliphatic rings. The van der Waals surface area contributed by atoms with Crippen LogP contribution in [-0.2, 0) is 9.53 Å². The Morgan fingerprint density at radius 1 is 0.651 bits per heavy atom. The van der Waals surface area contributed by atoms with Crippen LogP contribution in [0, 0.1) is 52.3 Å². The maximum atomic E-state index is 13.8. The smallest absolute Gasteiger partial charge is 0.306 e. The van der Waals surface area contributed by atoms with Gasteiger partial charge in [0.05, 0.1) is 0 Å². The minimum atomic E-state index is -0.236. The fourth-order valence-corrected chi connectivity index (χ4v) is 15.4. The van der Waals surface area contributed by atoms with Gasteiger partial charge in [-0.25, -0.2) is 0 Å². The van der Waals surface area contributed by atoms with Crippen molar-refractivity contribution >= 4 is 38.3 Å². The second kappa shape index (κ2) is 21.6. The fraction of sp³-hybridized carbons (Fsp3) is 0.689. The summed E-state index contributed by atoms with van der Waals surface area (Å²) in [5.41, 5.74) is 2.35. The Hall–Kier alpha value is -2.87. The first-order chi connectivity index (χ1) is 30.7. The van der Waals surface area contributed by atoms with Gasteiger partial charge in [0.25, 0.3) is 0 Å². The summed E-state index contributed by atoms with van der Waals surface area (Å²) in [6, 6.07) is 20.4. The van der Waals surface area contributed by atoms with Gasteiger partial charge in [-0.2, -0.15) is 0 Å². The quantitative estimate of drug-likeness (QED) is 0.0322. The van der Waals surface area contributed by atoms with Gasteiger partial charge in [0.2, 0.25) is 0 Å². The molecule has 2 nitrogen and oxygen atoms in total. The Morgan fingerprint density at radius 2 is 1.32 bits per heavy atom. The van der Waals surface area contributed by atoms with Crippen LogP contribution in [0.4, 0.5) is 0 Å². The summed E-state index contributed by atoms with van der Waals surface area (Å²) in [5, 5.41) is 7.77. The normalized spacial score (nSPS) is 28.6. The van der Waals surface area contributed by atoms with Gasteiger partial charge in [-0.1, -0.05) is 178 Å². The van der Waals surface area contributed by atoms with E-state index in [-0.39, 0.29) is 18.0 Å². The molecule has 63 heavy (non-hydrogen) atoms. The molecule has 4 aliphatic carbocycles. The van der Waals surface area contributed by atoms with Gasteiger partial charge >= 0.3 is 5.97 Å². The number of hydrogen-bond donors (Lipinski definition) is 0. The van der Waals surface area contributed by atoms with E-state index in [1.165, 1.54) is 186 Å². The molecule has 0 saturated heterocycles. The lowest BCUT2D eigenvalue weighted by Crippen LogP contribution is -2.53. The molecular weight excluding hydrogens is 765 g/mol. The van der Waals surface area contributed by atoms with Crippen LogP contribution in [0.1, 0.15) is 220 Å². The minimum absolute atomic E-state index is 0.0137. The Morgan fingerprint density at radius 3 is 2.08 bits per heavy atom. The Bertz CT molecular complexity index is 2060. The first-order valence-electron chi connectivity index (χ1n) is 27.2. The van der Waals surface area contributed by atoms with Crippen LogP contribution in [0.15, 0.2) is 66.7 Å². The van der Waals surface area contributed by atoms with Gasteiger partial charge in [0.1, 0.15) is 6.10 Å². The van der Waals surface area contributed by atoms with Crippen molar-refractivity contribution in [1.82, 2.24) is 0 Å². The molecule has 0 aromatic heterocycles. The largest absolute Gasteiger partial charge is 0.457 e. The van der Waals surface area contributed by atoms with E-state index in [1.807, 2.05) is 0 Å². The number of allylic oxidation sites excluding steroid dienone is 2. The van der Waals surface area contributed by atoms with Crippen molar-refractivity contribution in [2.24, 2.45) is 52.3 Å². The monoisotopic (exact) mass is 853 g/mol. The summed E-state index contributed by atoms with van der Waals surface area (Å²) in [7, 11) is 0. The highest BCUT2D eigenvalue weighted by atomic mass is 16.5. The number of fused-ring (bicyclic) bond motifs is 5. The molecular formula is C61H88O2. The van der Waals surface area contributed by atoms with Gasteiger partial charge in [0.15, 0.2) is 0 Å². The zero-order chi connectivity index (χ0) is 43.8. The van der Waals surface area contributed by atoms with Crippen molar-refractivity contribution in [2.45, 2.75) is 214 Å². The van der Waals surface area contributed by atoms with Crippen molar-refractivity contribution < 1.29 is 9.53 Å². The zero-order valence-corrected chi connectivity index (χ0v) is 40.9. The van der Waals surface area contributed by atoms with E-state index in [9.17, 15) is 4.79 Å². The third-order valence-electron chi connectivity index (χ3n) is 18.9. The molecule has 4 aromatic rings. The Balaban J connectivity index is 0.868. The molecule has 4 aromatic carbocycles. The van der Waals surface area contributed by atoms with E-state index in [2.05, 4.69) is 101 Å². The van der Waals surface area contributed by atoms with E-state index in [1.54, 1.807) is 0 Å². The number of unbranched alkanes of at least 4 members (excludes halogenated alkanes) is 11. The second-order valence-electron chi connectivity index (χ2n) is 22.8. The van der Waals surface area contributed by atoms with Crippen LogP contribution in [0.3, 0.4) is 0 Å². The highest BCUT2D eigenvalue weighted by Gasteiger charge is 2.60. The topological polar surface area (TPSA) is 26.3 Å². The van der Waals surface area contributed by atoms with Gasteiger partial charge in [-0.15, -0.1) is 0 Å². The maximum Gasteiger partial charge on any atom is 0.306 e. The molecule has 8 rings (SSSR count). The van der Waals surface area contributed by atoms with E-state index in [0.29, 0.717) is 17.3 Å². The summed E-state index contributed by atoms with van der Waals surface area (Å²) in [6.07, 6.45) is 40.0. The lowest BCUT2D eigenvalue weighted by Gasteiger charge is -2.61. The van der Waals surface area contributed by atoms with Crippen molar-refractivity contribution in [1.29, 1.82) is 0 Å². The molecule has 4 fully saturated rings. The summed E-state index contributed by atoms with van der Waals surface area (Å²) in [6.45, 7) is 12.8. The average molecular weight is 853 g/mol. The summed E-state index contributed by atoms with van der Waals surface area (Å²) in [5.74, 6) is 5.76. The predicted molar refractivity (Wildman–Crippen MR) is 270 cm³/mol. The van der Waals surface area contributed by atoms with Crippen molar-refractivity contribution in [2.75, 3.05) is 0 Å². The second-order valence-corrected chi connectivity index (χ2v) is 22.8. The van der Waals surface area contributed by atoms with E-state index < -0.39 is 0 Å². The molecule has 0 spiro atoms. The first kappa shape index (κ1) is 46.7. The number of carbonyl (C=O) groups is 1. The number of carbonyl (C=O) groups excluding carboxylic acids is 1. The number of hydrogen-bond acceptors (Lipinski definition) is 2. The first-order valence-corrected chi connectivity index (χ1v) is 27.2. The standard InChI is InChI=1S/C61H88O2/c1-6-7-8-9-10-11-12-13-14-15-16-17-18-19-20-30-56(62)63-59(51-37-34-48-32-31-46-27-24-28-47-33-36-50(51)58(48)57(46)47)45(3)26-23-25-44(2)53-39-40-54-52-38-35-49-29-21-22-42-60(49,4)55(52)41-43-61(53,54)5/h13-14,24,27-28,31-34,36-37,44-45,49,52-55,59H,6-12,15-23,25-26,29-30,35,38-43H2,1-5H3/b14-13-/t44-,45?,49?,52+,53-,54+,55+,59?,60+,61-/m1/s1. The summed E-state index contributed by atoms with van der Waals surface area (Å²) in [4.78, 5) is 13.8. The molecule has 2 heteroatoms. The highest BCUT2D eigenvalue weighted by molar-refractivity contribution is 6.23. The van der Waals surface area contributed by atoms with Crippen LogP contribution in [0.2, 0.25) is 0 Å². The maximum absolute atomic E-state index is 13.8. The number of benzene rings is 4. The van der Waals surface area contributed by atoms with Crippen LogP contribution < -0.4 is 0 Å². The summed E-state index contributed by atoms with van der Waals surface area (Å²) < 4.78 is 6.70. The van der Waals surface area contributed by atoms with Crippen LogP contribution in [-0.4, -0.2) is 5.97 Å². The van der Waals surface area contributed by atoms with E-state index >= 15 is 0 Å². The van der Waals surface area contributed by atoms with Gasteiger partial charge in [-0.3, -0.25) is 4.79 Å². The van der Waals surface area contributed by atoms with Gasteiger partial charge in [-0.05, 0) is 174 Å². The number of ether oxygens (including phenoxy) is 1. The Kier molecular flexibility index (Phi) is 16.0. The van der Waals surface area contributed by atoms with Crippen LogP contribution in [0.5, 0.6) is 0 Å². The number of esters is 1. The molecule has 0 amide bonds. The third kappa shape index (κ3) is 10.3. The zero-order valence-electron chi connectivity index (χ0n) is 40.9. The molecule has 4 saturated carbocycles. The van der Waals surface area contributed by atoms with Gasteiger partial charge in [0, 0.05) is 12.0 Å². The van der Waals surface area contributed by atoms with Crippen molar-refractivity contribution in [3.05, 3.63) is 72.3 Å². The van der Waals surface area contributed by atoms with Crippen LogP contribution in [0.25, 0.3) is 32.3 Å². The Labute approximate surface area is 384 Å². The molecule has 0 heterocycles. The van der Waals surface area contributed by atoms with Gasteiger partial charge < -0.3 is 4.74 Å². The third-order valence-corrected chi connectivity index (χ3v) is 18.9. The molecule has 0 N–H and O–H groups in total. The average Bonchev–Trinajstić information content (AvgIpc) is 3.66. The SMILES string of the molecule is CCCCCCCC/C=C\CCCCCCCC(=O)OC(c1ccc2ccc3cccc4ccc1c2c34)C(C)CCC[C@@H](C)[C@H]1CC[C@H]2[C@@H]3CCC4CCCC[C@]4(C)[C@H]3CC[C@]12C. The van der Waals surface area contributed by atoms with Crippen LogP contribution >= 0.6 is 0 Å². The predicted octanol–water partition coefficient (Wildman–Crippen LogP) is 18.7. The lowest BCUT2D eigenvalue weighted by molar-refractivity contribution is -0.152. The molecule has 0 radical (unpaired) electrons. The molecule has 0 aliphatic heterocycles. The number of rotatable bonds is 23. The molecule has 3 unspecified atom stereocenters. The molecule has 0 bridgehead atoms.